The molecule has 0 aromatic heterocycles. The third kappa shape index (κ3) is 13.6. The quantitative estimate of drug-likeness (QED) is 0.0500. The zero-order valence-corrected chi connectivity index (χ0v) is 19.2. The average molecular weight is 505 g/mol. The molecule has 0 fully saturated rings. The Balaban J connectivity index is 4.89. The zero-order valence-electron chi connectivity index (χ0n) is 19.2. The summed E-state index contributed by atoms with van der Waals surface area (Å²) in [5, 5.41) is 34.8. The molecule has 0 aliphatic rings. The van der Waals surface area contributed by atoms with E-state index in [0.717, 1.165) is 0 Å². The van der Waals surface area contributed by atoms with Crippen LogP contribution in [0.2, 0.25) is 0 Å². The highest BCUT2D eigenvalue weighted by Crippen LogP contribution is 2.01. The van der Waals surface area contributed by atoms with Crippen molar-refractivity contribution >= 4 is 35.6 Å². The zero-order chi connectivity index (χ0) is 27.0. The van der Waals surface area contributed by atoms with E-state index < -0.39 is 61.1 Å². The van der Waals surface area contributed by atoms with E-state index in [4.69, 9.17) is 28.7 Å². The Morgan fingerprint density at radius 2 is 1.09 bits per heavy atom. The number of aliphatic carboxylic acids is 1. The molecule has 0 aliphatic carbocycles. The van der Waals surface area contributed by atoms with Crippen LogP contribution in [0, 0.1) is 0 Å². The first-order chi connectivity index (χ1) is 16.4. The number of aliphatic hydroxyl groups excluding tert-OH is 2. The molecule has 35 heavy (non-hydrogen) atoms. The molecule has 0 aromatic carbocycles. The van der Waals surface area contributed by atoms with Gasteiger partial charge in [0.25, 0.3) is 0 Å². The molecule has 200 valence electrons. The van der Waals surface area contributed by atoms with Crippen LogP contribution < -0.4 is 44.6 Å². The second-order valence-electron chi connectivity index (χ2n) is 7.39. The Morgan fingerprint density at radius 1 is 0.686 bits per heavy atom. The molecule has 17 nitrogen and oxygen atoms in total. The van der Waals surface area contributed by atoms with Crippen molar-refractivity contribution in [3.8, 4) is 0 Å². The fourth-order valence-corrected chi connectivity index (χ4v) is 2.62. The number of guanidine groups is 2. The number of aliphatic hydroxyl groups is 2. The van der Waals surface area contributed by atoms with Gasteiger partial charge in [0.15, 0.2) is 11.9 Å². The van der Waals surface area contributed by atoms with Gasteiger partial charge in [0, 0.05) is 13.1 Å². The van der Waals surface area contributed by atoms with Crippen molar-refractivity contribution in [3.63, 3.8) is 0 Å². The molecule has 4 unspecified atom stereocenters. The molecule has 0 aliphatic heterocycles. The van der Waals surface area contributed by atoms with Gasteiger partial charge >= 0.3 is 5.97 Å². The maximum absolute atomic E-state index is 12.4. The number of carboxylic acid groups (broad SMARTS) is 1. The highest BCUT2D eigenvalue weighted by Gasteiger charge is 2.29. The maximum Gasteiger partial charge on any atom is 0.326 e. The molecule has 0 spiro atoms. The van der Waals surface area contributed by atoms with Crippen LogP contribution in [0.3, 0.4) is 0 Å². The lowest BCUT2D eigenvalue weighted by Crippen LogP contribution is -2.59. The molecule has 0 rings (SSSR count). The SMILES string of the molecule is NC(N)=NCCCC(N)C(=O)NC(CO)C(=O)NC(CO)C(=O)NC(CCCN=C(N)N)C(=O)O. The number of amides is 3. The summed E-state index contributed by atoms with van der Waals surface area (Å²) in [6.07, 6.45) is 0.770. The smallest absolute Gasteiger partial charge is 0.326 e. The Bertz CT molecular complexity index is 769. The van der Waals surface area contributed by atoms with Crippen LogP contribution in [0.15, 0.2) is 9.98 Å². The third-order valence-electron chi connectivity index (χ3n) is 4.50. The number of carboxylic acids is 1. The van der Waals surface area contributed by atoms with E-state index in [1.54, 1.807) is 0 Å². The van der Waals surface area contributed by atoms with Crippen molar-refractivity contribution in [2.24, 2.45) is 38.7 Å². The lowest BCUT2D eigenvalue weighted by molar-refractivity contribution is -0.142. The first-order valence-electron chi connectivity index (χ1n) is 10.6. The maximum atomic E-state index is 12.4. The minimum atomic E-state index is -1.55. The van der Waals surface area contributed by atoms with Crippen molar-refractivity contribution in [2.45, 2.75) is 49.9 Å². The molecule has 0 bridgehead atoms. The molecule has 4 atom stereocenters. The van der Waals surface area contributed by atoms with E-state index in [-0.39, 0.29) is 44.3 Å². The van der Waals surface area contributed by atoms with E-state index in [9.17, 15) is 34.5 Å². The van der Waals surface area contributed by atoms with Crippen LogP contribution >= 0.6 is 0 Å². The van der Waals surface area contributed by atoms with Gasteiger partial charge in [-0.25, -0.2) is 4.79 Å². The Hall–Kier alpha value is -3.70. The monoisotopic (exact) mass is 504 g/mol. The molecule has 17 heteroatoms. The standard InChI is InChI=1S/C18H36N10O7/c19-9(3-1-5-24-17(20)21)13(31)27-11(7-29)15(33)28-12(8-30)14(32)26-10(16(34)35)4-2-6-25-18(22)23/h9-12,29-30H,1-8,19H2,(H,26,32)(H,27,31)(H,28,33)(H,34,35)(H4,20,21,24)(H4,22,23,25). The Kier molecular flexibility index (Phi) is 15.1. The lowest BCUT2D eigenvalue weighted by atomic mass is 10.1. The van der Waals surface area contributed by atoms with E-state index in [2.05, 4.69) is 25.9 Å². The average Bonchev–Trinajstić information content (AvgIpc) is 2.79. The van der Waals surface area contributed by atoms with Crippen LogP contribution in [-0.2, 0) is 19.2 Å². The lowest BCUT2D eigenvalue weighted by Gasteiger charge is -2.23. The van der Waals surface area contributed by atoms with Gasteiger partial charge in [0.2, 0.25) is 17.7 Å². The topological polar surface area (TPSA) is 320 Å². The first kappa shape index (κ1) is 31.3. The van der Waals surface area contributed by atoms with Crippen LogP contribution in [0.25, 0.3) is 0 Å². The molecular formula is C18H36N10O7. The van der Waals surface area contributed by atoms with Crippen molar-refractivity contribution in [3.05, 3.63) is 0 Å². The minimum Gasteiger partial charge on any atom is -0.480 e. The van der Waals surface area contributed by atoms with Gasteiger partial charge in [0.05, 0.1) is 19.3 Å². The predicted molar refractivity (Wildman–Crippen MR) is 125 cm³/mol. The summed E-state index contributed by atoms with van der Waals surface area (Å²) in [6.45, 7) is -1.34. The van der Waals surface area contributed by atoms with Gasteiger partial charge in [-0.05, 0) is 25.7 Å². The van der Waals surface area contributed by atoms with Crippen LogP contribution in [0.1, 0.15) is 25.7 Å². The number of nitrogens with two attached hydrogens (primary N) is 5. The fraction of sp³-hybridized carbons (Fsp3) is 0.667. The molecule has 0 saturated heterocycles. The number of nitrogens with one attached hydrogen (secondary N) is 3. The minimum absolute atomic E-state index is 0.0274. The summed E-state index contributed by atoms with van der Waals surface area (Å²) in [5.74, 6) is -4.36. The summed E-state index contributed by atoms with van der Waals surface area (Å²) < 4.78 is 0. The second kappa shape index (κ2) is 16.8. The number of nitrogens with zero attached hydrogens (tertiary/aromatic N) is 2. The van der Waals surface area contributed by atoms with E-state index >= 15 is 0 Å². The molecule has 0 heterocycles. The summed E-state index contributed by atoms with van der Waals surface area (Å²) >= 11 is 0. The molecule has 0 radical (unpaired) electrons. The van der Waals surface area contributed by atoms with Gasteiger partial charge in [-0.1, -0.05) is 0 Å². The number of aliphatic imine (C=N–C) groups is 2. The number of carbonyl (C=O) groups is 4. The molecular weight excluding hydrogens is 468 g/mol. The van der Waals surface area contributed by atoms with Crippen LogP contribution in [-0.4, -0.2) is 101 Å². The Labute approximate surface area is 201 Å². The van der Waals surface area contributed by atoms with E-state index in [1.165, 1.54) is 0 Å². The van der Waals surface area contributed by atoms with Crippen LogP contribution in [0.4, 0.5) is 0 Å². The number of hydrogen-bond acceptors (Lipinski definition) is 9. The molecule has 3 amide bonds. The number of rotatable bonds is 17. The third-order valence-corrected chi connectivity index (χ3v) is 4.50. The summed E-state index contributed by atoms with van der Waals surface area (Å²) in [5.41, 5.74) is 26.5. The van der Waals surface area contributed by atoms with Crippen LogP contribution in [0.5, 0.6) is 0 Å². The second-order valence-corrected chi connectivity index (χ2v) is 7.39. The van der Waals surface area contributed by atoms with Gasteiger partial charge in [-0.3, -0.25) is 24.4 Å². The van der Waals surface area contributed by atoms with Gasteiger partial charge in [-0.2, -0.15) is 0 Å². The highest BCUT2D eigenvalue weighted by atomic mass is 16.4. The van der Waals surface area contributed by atoms with Gasteiger partial charge < -0.3 is 59.9 Å². The largest absolute Gasteiger partial charge is 0.480 e. The van der Waals surface area contributed by atoms with Crippen molar-refractivity contribution in [1.29, 1.82) is 0 Å². The number of carbonyl (C=O) groups excluding carboxylic acids is 3. The summed E-state index contributed by atoms with van der Waals surface area (Å²) in [6, 6.07) is -5.41. The van der Waals surface area contributed by atoms with Gasteiger partial charge in [0.1, 0.15) is 18.1 Å². The van der Waals surface area contributed by atoms with Crippen molar-refractivity contribution in [1.82, 2.24) is 16.0 Å². The summed E-state index contributed by atoms with van der Waals surface area (Å²) in [4.78, 5) is 55.8. The van der Waals surface area contributed by atoms with Crippen molar-refractivity contribution < 1.29 is 34.5 Å². The van der Waals surface area contributed by atoms with E-state index in [1.807, 2.05) is 0 Å². The predicted octanol–water partition coefficient (Wildman–Crippen LogP) is -6.06. The van der Waals surface area contributed by atoms with Gasteiger partial charge in [-0.15, -0.1) is 0 Å². The summed E-state index contributed by atoms with van der Waals surface area (Å²) in [7, 11) is 0. The Morgan fingerprint density at radius 3 is 1.49 bits per heavy atom. The molecule has 0 aromatic rings. The highest BCUT2D eigenvalue weighted by molar-refractivity contribution is 5.94. The normalized spacial score (nSPS) is 13.9. The number of hydrogen-bond donors (Lipinski definition) is 11. The first-order valence-corrected chi connectivity index (χ1v) is 10.6. The fourth-order valence-electron chi connectivity index (χ4n) is 2.62. The molecule has 0 saturated carbocycles. The van der Waals surface area contributed by atoms with Crippen molar-refractivity contribution in [2.75, 3.05) is 26.3 Å². The molecule has 16 N–H and O–H groups in total. The van der Waals surface area contributed by atoms with E-state index in [0.29, 0.717) is 6.42 Å².